The Morgan fingerprint density at radius 3 is 2.80 bits per heavy atom. The SMILES string of the molecule is C=CC(CO)NCCCN. The minimum absolute atomic E-state index is 0.0200. The van der Waals surface area contributed by atoms with E-state index in [9.17, 15) is 0 Å². The molecular formula is C7H16N2O. The Morgan fingerprint density at radius 1 is 1.70 bits per heavy atom. The van der Waals surface area contributed by atoms with E-state index in [1.807, 2.05) is 0 Å². The summed E-state index contributed by atoms with van der Waals surface area (Å²) >= 11 is 0. The lowest BCUT2D eigenvalue weighted by atomic mass is 10.3. The van der Waals surface area contributed by atoms with Gasteiger partial charge in [0.05, 0.1) is 6.61 Å². The lowest BCUT2D eigenvalue weighted by Gasteiger charge is -2.09. The first kappa shape index (κ1) is 9.62. The van der Waals surface area contributed by atoms with Gasteiger partial charge in [0.1, 0.15) is 0 Å². The molecule has 0 amide bonds. The number of hydrogen-bond donors (Lipinski definition) is 3. The molecule has 0 saturated carbocycles. The lowest BCUT2D eigenvalue weighted by molar-refractivity contribution is 0.264. The molecule has 0 aliphatic heterocycles. The zero-order valence-electron chi connectivity index (χ0n) is 6.21. The number of rotatable bonds is 6. The van der Waals surface area contributed by atoms with Crippen molar-refractivity contribution in [3.05, 3.63) is 12.7 Å². The highest BCUT2D eigenvalue weighted by Crippen LogP contribution is 1.82. The molecule has 0 aliphatic rings. The molecule has 0 saturated heterocycles. The number of aliphatic hydroxyl groups excluding tert-OH is 1. The van der Waals surface area contributed by atoms with E-state index in [1.54, 1.807) is 6.08 Å². The quantitative estimate of drug-likeness (QED) is 0.347. The van der Waals surface area contributed by atoms with Crippen LogP contribution in [0.15, 0.2) is 12.7 Å². The van der Waals surface area contributed by atoms with Crippen LogP contribution < -0.4 is 11.1 Å². The van der Waals surface area contributed by atoms with Gasteiger partial charge in [-0.3, -0.25) is 0 Å². The third-order valence-electron chi connectivity index (χ3n) is 1.27. The largest absolute Gasteiger partial charge is 0.394 e. The van der Waals surface area contributed by atoms with Gasteiger partial charge in [-0.25, -0.2) is 0 Å². The van der Waals surface area contributed by atoms with Crippen LogP contribution in [-0.2, 0) is 0 Å². The third-order valence-corrected chi connectivity index (χ3v) is 1.27. The maximum atomic E-state index is 8.66. The fourth-order valence-corrected chi connectivity index (χ4v) is 0.612. The van der Waals surface area contributed by atoms with E-state index in [2.05, 4.69) is 11.9 Å². The summed E-state index contributed by atoms with van der Waals surface area (Å²) in [4.78, 5) is 0. The summed E-state index contributed by atoms with van der Waals surface area (Å²) in [7, 11) is 0. The molecule has 10 heavy (non-hydrogen) atoms. The van der Waals surface area contributed by atoms with Gasteiger partial charge in [-0.2, -0.15) is 0 Å². The first-order valence-corrected chi connectivity index (χ1v) is 3.52. The highest BCUT2D eigenvalue weighted by Gasteiger charge is 1.97. The van der Waals surface area contributed by atoms with Crippen molar-refractivity contribution < 1.29 is 5.11 Å². The highest BCUT2D eigenvalue weighted by molar-refractivity contribution is 4.84. The third kappa shape index (κ3) is 4.49. The first-order valence-electron chi connectivity index (χ1n) is 3.52. The molecule has 1 unspecified atom stereocenters. The van der Waals surface area contributed by atoms with Gasteiger partial charge in [-0.1, -0.05) is 6.08 Å². The maximum Gasteiger partial charge on any atom is 0.0620 e. The van der Waals surface area contributed by atoms with Crippen LogP contribution in [0.5, 0.6) is 0 Å². The zero-order chi connectivity index (χ0) is 7.82. The van der Waals surface area contributed by atoms with Crippen LogP contribution in [0, 0.1) is 0 Å². The van der Waals surface area contributed by atoms with Crippen molar-refractivity contribution in [1.82, 2.24) is 5.32 Å². The fraction of sp³-hybridized carbons (Fsp3) is 0.714. The fourth-order valence-electron chi connectivity index (χ4n) is 0.612. The monoisotopic (exact) mass is 144 g/mol. The molecule has 0 aromatic rings. The Hall–Kier alpha value is -0.380. The summed E-state index contributed by atoms with van der Waals surface area (Å²) in [6.45, 7) is 5.19. The zero-order valence-corrected chi connectivity index (χ0v) is 6.21. The second kappa shape index (κ2) is 6.74. The Bertz CT molecular complexity index is 85.7. The summed E-state index contributed by atoms with van der Waals surface area (Å²) in [5.74, 6) is 0. The molecular weight excluding hydrogens is 128 g/mol. The average molecular weight is 144 g/mol. The van der Waals surface area contributed by atoms with Gasteiger partial charge in [0.2, 0.25) is 0 Å². The van der Waals surface area contributed by atoms with E-state index in [-0.39, 0.29) is 12.6 Å². The molecule has 3 heteroatoms. The van der Waals surface area contributed by atoms with Gasteiger partial charge >= 0.3 is 0 Å². The number of aliphatic hydroxyl groups is 1. The maximum absolute atomic E-state index is 8.66. The number of nitrogens with two attached hydrogens (primary N) is 1. The molecule has 0 aromatic heterocycles. The van der Waals surface area contributed by atoms with Crippen molar-refractivity contribution >= 4 is 0 Å². The van der Waals surface area contributed by atoms with Gasteiger partial charge in [-0.05, 0) is 19.5 Å². The standard InChI is InChI=1S/C7H16N2O/c1-2-7(6-10)9-5-3-4-8/h2,7,9-10H,1,3-6,8H2. The minimum atomic E-state index is 0.0200. The first-order chi connectivity index (χ1) is 4.85. The second-order valence-electron chi connectivity index (χ2n) is 2.12. The lowest BCUT2D eigenvalue weighted by Crippen LogP contribution is -2.31. The van der Waals surface area contributed by atoms with Crippen molar-refractivity contribution in [3.8, 4) is 0 Å². The summed E-state index contributed by atoms with van der Waals surface area (Å²) in [6.07, 6.45) is 2.63. The van der Waals surface area contributed by atoms with Crippen LogP contribution in [-0.4, -0.2) is 30.8 Å². The molecule has 3 nitrogen and oxygen atoms in total. The second-order valence-corrected chi connectivity index (χ2v) is 2.12. The highest BCUT2D eigenvalue weighted by atomic mass is 16.3. The van der Waals surface area contributed by atoms with Crippen molar-refractivity contribution in [2.75, 3.05) is 19.7 Å². The van der Waals surface area contributed by atoms with E-state index >= 15 is 0 Å². The van der Waals surface area contributed by atoms with Gasteiger partial charge in [0, 0.05) is 6.04 Å². The smallest absolute Gasteiger partial charge is 0.0620 e. The molecule has 0 rings (SSSR count). The molecule has 0 aliphatic carbocycles. The Balaban J connectivity index is 3.17. The normalized spacial score (nSPS) is 13.0. The summed E-state index contributed by atoms with van der Waals surface area (Å²) in [5.41, 5.74) is 5.27. The minimum Gasteiger partial charge on any atom is -0.394 e. The Labute approximate surface area is 61.9 Å². The Kier molecular flexibility index (Phi) is 6.48. The molecule has 60 valence electrons. The molecule has 0 fully saturated rings. The van der Waals surface area contributed by atoms with Crippen LogP contribution in [0.25, 0.3) is 0 Å². The number of hydrogen-bond acceptors (Lipinski definition) is 3. The molecule has 1 atom stereocenters. The van der Waals surface area contributed by atoms with Crippen molar-refractivity contribution in [2.24, 2.45) is 5.73 Å². The van der Waals surface area contributed by atoms with E-state index in [1.165, 1.54) is 0 Å². The predicted octanol–water partition coefficient (Wildman–Crippen LogP) is -0.528. The van der Waals surface area contributed by atoms with Gasteiger partial charge in [0.25, 0.3) is 0 Å². The molecule has 0 radical (unpaired) electrons. The van der Waals surface area contributed by atoms with Crippen LogP contribution in [0.1, 0.15) is 6.42 Å². The van der Waals surface area contributed by atoms with Crippen molar-refractivity contribution in [1.29, 1.82) is 0 Å². The Morgan fingerprint density at radius 2 is 2.40 bits per heavy atom. The van der Waals surface area contributed by atoms with Gasteiger partial charge in [-0.15, -0.1) is 6.58 Å². The molecule has 4 N–H and O–H groups in total. The van der Waals surface area contributed by atoms with Crippen LogP contribution in [0.4, 0.5) is 0 Å². The van der Waals surface area contributed by atoms with Crippen LogP contribution in [0.3, 0.4) is 0 Å². The van der Waals surface area contributed by atoms with E-state index < -0.39 is 0 Å². The average Bonchev–Trinajstić information content (AvgIpc) is 1.99. The summed E-state index contributed by atoms with van der Waals surface area (Å²) in [6, 6.07) is 0.0200. The molecule has 0 bridgehead atoms. The number of nitrogens with one attached hydrogen (secondary N) is 1. The van der Waals surface area contributed by atoms with E-state index in [0.717, 1.165) is 13.0 Å². The van der Waals surface area contributed by atoms with Crippen LogP contribution in [0.2, 0.25) is 0 Å². The van der Waals surface area contributed by atoms with Crippen molar-refractivity contribution in [3.63, 3.8) is 0 Å². The molecule has 0 heterocycles. The molecule has 0 spiro atoms. The van der Waals surface area contributed by atoms with Crippen LogP contribution >= 0.6 is 0 Å². The molecule has 0 aromatic carbocycles. The topological polar surface area (TPSA) is 58.3 Å². The van der Waals surface area contributed by atoms with E-state index in [0.29, 0.717) is 6.54 Å². The van der Waals surface area contributed by atoms with Crippen molar-refractivity contribution in [2.45, 2.75) is 12.5 Å². The summed E-state index contributed by atoms with van der Waals surface area (Å²) in [5, 5.41) is 11.7. The van der Waals surface area contributed by atoms with E-state index in [4.69, 9.17) is 10.8 Å². The predicted molar refractivity (Wildman–Crippen MR) is 42.7 cm³/mol. The van der Waals surface area contributed by atoms with Gasteiger partial charge < -0.3 is 16.2 Å². The summed E-state index contributed by atoms with van der Waals surface area (Å²) < 4.78 is 0. The van der Waals surface area contributed by atoms with Gasteiger partial charge in [0.15, 0.2) is 0 Å².